The standard InChI is InChI=1S/C19H20N4OS2/c1-13-8-10-16(11-9-13)21-18-22-23-19(26-18)25-14(2)17(24)20-12-15-6-4-3-5-7-15/h3-11,14H,12H2,1-2H3,(H,20,24)(H,21,22)/t14-/m0/s1. The summed E-state index contributed by atoms with van der Waals surface area (Å²) in [6.45, 7) is 4.45. The molecule has 0 spiro atoms. The molecule has 1 atom stereocenters. The molecule has 0 aliphatic carbocycles. The lowest BCUT2D eigenvalue weighted by atomic mass is 10.2. The van der Waals surface area contributed by atoms with E-state index in [4.69, 9.17) is 0 Å². The van der Waals surface area contributed by atoms with Crippen molar-refractivity contribution in [2.24, 2.45) is 0 Å². The van der Waals surface area contributed by atoms with E-state index < -0.39 is 0 Å². The van der Waals surface area contributed by atoms with Crippen LogP contribution in [0.25, 0.3) is 0 Å². The number of thioether (sulfide) groups is 1. The van der Waals surface area contributed by atoms with E-state index in [2.05, 4.69) is 20.8 Å². The first-order valence-electron chi connectivity index (χ1n) is 8.25. The number of amides is 1. The van der Waals surface area contributed by atoms with Gasteiger partial charge < -0.3 is 10.6 Å². The van der Waals surface area contributed by atoms with E-state index in [9.17, 15) is 4.79 Å². The van der Waals surface area contributed by atoms with Gasteiger partial charge >= 0.3 is 0 Å². The third-order valence-electron chi connectivity index (χ3n) is 3.67. The van der Waals surface area contributed by atoms with Gasteiger partial charge in [0.15, 0.2) is 4.34 Å². The number of carbonyl (C=O) groups is 1. The van der Waals surface area contributed by atoms with Crippen LogP contribution < -0.4 is 10.6 Å². The fourth-order valence-corrected chi connectivity index (χ4v) is 4.14. The van der Waals surface area contributed by atoms with Gasteiger partial charge in [-0.1, -0.05) is 71.1 Å². The number of aromatic nitrogens is 2. The van der Waals surface area contributed by atoms with Gasteiger partial charge in [0.25, 0.3) is 0 Å². The minimum absolute atomic E-state index is 0.0119. The third-order valence-corrected chi connectivity index (χ3v) is 5.69. The molecule has 0 bridgehead atoms. The molecule has 26 heavy (non-hydrogen) atoms. The minimum Gasteiger partial charge on any atom is -0.351 e. The summed E-state index contributed by atoms with van der Waals surface area (Å²) in [5.74, 6) is -0.0119. The average molecular weight is 385 g/mol. The van der Waals surface area contributed by atoms with Gasteiger partial charge in [0.05, 0.1) is 5.25 Å². The molecule has 2 aromatic carbocycles. The number of rotatable bonds is 7. The maximum Gasteiger partial charge on any atom is 0.233 e. The van der Waals surface area contributed by atoms with Crippen LogP contribution in [0.2, 0.25) is 0 Å². The monoisotopic (exact) mass is 384 g/mol. The molecule has 0 unspecified atom stereocenters. The Morgan fingerprint density at radius 2 is 1.85 bits per heavy atom. The zero-order chi connectivity index (χ0) is 18.4. The molecule has 3 aromatic rings. The van der Waals surface area contributed by atoms with Crippen LogP contribution in [0.1, 0.15) is 18.1 Å². The van der Waals surface area contributed by atoms with Gasteiger partial charge in [0.1, 0.15) is 0 Å². The van der Waals surface area contributed by atoms with Crippen LogP contribution in [-0.2, 0) is 11.3 Å². The van der Waals surface area contributed by atoms with Crippen molar-refractivity contribution in [1.29, 1.82) is 0 Å². The van der Waals surface area contributed by atoms with Gasteiger partial charge in [0.2, 0.25) is 11.0 Å². The molecule has 5 nitrogen and oxygen atoms in total. The zero-order valence-electron chi connectivity index (χ0n) is 14.6. The summed E-state index contributed by atoms with van der Waals surface area (Å²) < 4.78 is 0.766. The van der Waals surface area contributed by atoms with Gasteiger partial charge in [-0.05, 0) is 31.5 Å². The maximum absolute atomic E-state index is 12.3. The highest BCUT2D eigenvalue weighted by Crippen LogP contribution is 2.30. The third kappa shape index (κ3) is 5.31. The molecule has 0 radical (unpaired) electrons. The quantitative estimate of drug-likeness (QED) is 0.592. The molecule has 7 heteroatoms. The van der Waals surface area contributed by atoms with E-state index in [1.807, 2.05) is 68.4 Å². The maximum atomic E-state index is 12.3. The molecule has 1 amide bonds. The van der Waals surface area contributed by atoms with Crippen molar-refractivity contribution in [3.05, 3.63) is 65.7 Å². The molecule has 1 heterocycles. The van der Waals surface area contributed by atoms with Gasteiger partial charge in [-0.15, -0.1) is 10.2 Å². The second-order valence-electron chi connectivity index (χ2n) is 5.83. The number of nitrogens with zero attached hydrogens (tertiary/aromatic N) is 2. The van der Waals surface area contributed by atoms with Gasteiger partial charge in [-0.25, -0.2) is 0 Å². The lowest BCUT2D eigenvalue weighted by Gasteiger charge is -2.10. The molecular weight excluding hydrogens is 364 g/mol. The average Bonchev–Trinajstić information content (AvgIpc) is 3.09. The van der Waals surface area contributed by atoms with Crippen LogP contribution in [0, 0.1) is 6.92 Å². The first-order chi connectivity index (χ1) is 12.6. The lowest BCUT2D eigenvalue weighted by molar-refractivity contribution is -0.120. The molecule has 0 aliphatic heterocycles. The van der Waals surface area contributed by atoms with E-state index in [1.54, 1.807) is 0 Å². The van der Waals surface area contributed by atoms with E-state index >= 15 is 0 Å². The van der Waals surface area contributed by atoms with Gasteiger partial charge in [-0.2, -0.15) is 0 Å². The Kier molecular flexibility index (Phi) is 6.25. The Hall–Kier alpha value is -2.38. The van der Waals surface area contributed by atoms with Gasteiger partial charge in [-0.3, -0.25) is 4.79 Å². The second kappa shape index (κ2) is 8.82. The predicted octanol–water partition coefficient (Wildman–Crippen LogP) is 4.39. The normalized spacial score (nSPS) is 11.8. The van der Waals surface area contributed by atoms with Crippen LogP contribution in [0.5, 0.6) is 0 Å². The van der Waals surface area contributed by atoms with Crippen LogP contribution in [0.4, 0.5) is 10.8 Å². The van der Waals surface area contributed by atoms with Gasteiger partial charge in [0, 0.05) is 12.2 Å². The molecule has 2 N–H and O–H groups in total. The Labute approximate surface area is 161 Å². The predicted molar refractivity (Wildman–Crippen MR) is 108 cm³/mol. The Balaban J connectivity index is 1.51. The summed E-state index contributed by atoms with van der Waals surface area (Å²) in [5, 5.41) is 15.0. The zero-order valence-corrected chi connectivity index (χ0v) is 16.2. The molecule has 0 saturated carbocycles. The molecule has 0 fully saturated rings. The Morgan fingerprint density at radius 1 is 1.12 bits per heavy atom. The highest BCUT2D eigenvalue weighted by atomic mass is 32.2. The number of hydrogen-bond acceptors (Lipinski definition) is 6. The van der Waals surface area contributed by atoms with E-state index in [1.165, 1.54) is 28.7 Å². The first kappa shape index (κ1) is 18.4. The fraction of sp³-hybridized carbons (Fsp3) is 0.211. The van der Waals surface area contributed by atoms with Crippen LogP contribution in [0.3, 0.4) is 0 Å². The number of benzene rings is 2. The van der Waals surface area contributed by atoms with Crippen molar-refractivity contribution in [2.45, 2.75) is 30.0 Å². The molecule has 0 aliphatic rings. The summed E-state index contributed by atoms with van der Waals surface area (Å²) in [4.78, 5) is 12.3. The van der Waals surface area contributed by atoms with Crippen LogP contribution >= 0.6 is 23.1 Å². The summed E-state index contributed by atoms with van der Waals surface area (Å²) in [6.07, 6.45) is 0. The SMILES string of the molecule is Cc1ccc(Nc2nnc(S[C@@H](C)C(=O)NCc3ccccc3)s2)cc1. The highest BCUT2D eigenvalue weighted by molar-refractivity contribution is 8.02. The molecule has 134 valence electrons. The highest BCUT2D eigenvalue weighted by Gasteiger charge is 2.17. The van der Waals surface area contributed by atoms with Crippen molar-refractivity contribution < 1.29 is 4.79 Å². The van der Waals surface area contributed by atoms with Crippen LogP contribution in [0.15, 0.2) is 58.9 Å². The molecule has 3 rings (SSSR count). The summed E-state index contributed by atoms with van der Waals surface area (Å²) in [6, 6.07) is 18.0. The van der Waals surface area contributed by atoms with Crippen molar-refractivity contribution in [2.75, 3.05) is 5.32 Å². The number of aryl methyl sites for hydroxylation is 1. The molecule has 0 saturated heterocycles. The van der Waals surface area contributed by atoms with E-state index in [0.29, 0.717) is 11.7 Å². The van der Waals surface area contributed by atoms with Crippen molar-refractivity contribution in [1.82, 2.24) is 15.5 Å². The number of hydrogen-bond donors (Lipinski definition) is 2. The lowest BCUT2D eigenvalue weighted by Crippen LogP contribution is -2.30. The van der Waals surface area contributed by atoms with E-state index in [-0.39, 0.29) is 11.2 Å². The number of carbonyl (C=O) groups excluding carboxylic acids is 1. The Morgan fingerprint density at radius 3 is 2.58 bits per heavy atom. The summed E-state index contributed by atoms with van der Waals surface area (Å²) in [7, 11) is 0. The van der Waals surface area contributed by atoms with Crippen molar-refractivity contribution in [3.63, 3.8) is 0 Å². The number of nitrogens with one attached hydrogen (secondary N) is 2. The van der Waals surface area contributed by atoms with Crippen molar-refractivity contribution >= 4 is 39.8 Å². The first-order valence-corrected chi connectivity index (χ1v) is 9.95. The topological polar surface area (TPSA) is 66.9 Å². The summed E-state index contributed by atoms with van der Waals surface area (Å²) >= 11 is 2.86. The Bertz CT molecular complexity index is 849. The minimum atomic E-state index is -0.237. The fourth-order valence-electron chi connectivity index (χ4n) is 2.20. The van der Waals surface area contributed by atoms with Crippen LogP contribution in [-0.4, -0.2) is 21.4 Å². The van der Waals surface area contributed by atoms with E-state index in [0.717, 1.165) is 15.6 Å². The summed E-state index contributed by atoms with van der Waals surface area (Å²) in [5.41, 5.74) is 3.26. The van der Waals surface area contributed by atoms with Crippen molar-refractivity contribution in [3.8, 4) is 0 Å². The number of anilines is 2. The smallest absolute Gasteiger partial charge is 0.233 e. The largest absolute Gasteiger partial charge is 0.351 e. The second-order valence-corrected chi connectivity index (χ2v) is 8.39. The molecule has 1 aromatic heterocycles. The molecular formula is C19H20N4OS2.